The standard InChI is InChI=1S/C17H23NO2/c1-16(2)10-13(11-17(3,4)18-16)14(15(19)20)12-8-6-5-7-9-12/h5-9,18H,10-11H2,1-4H3,(H,19,20). The fourth-order valence-corrected chi connectivity index (χ4v) is 3.39. The molecule has 2 rings (SSSR count). The Balaban J connectivity index is 2.53. The Kier molecular flexibility index (Phi) is 3.74. The van der Waals surface area contributed by atoms with Gasteiger partial charge < -0.3 is 10.4 Å². The van der Waals surface area contributed by atoms with E-state index in [0.29, 0.717) is 5.57 Å². The molecular formula is C17H23NO2. The number of carbonyl (C=O) groups is 1. The van der Waals surface area contributed by atoms with Gasteiger partial charge in [0, 0.05) is 11.1 Å². The average Bonchev–Trinajstić information content (AvgIpc) is 2.25. The summed E-state index contributed by atoms with van der Waals surface area (Å²) in [6.45, 7) is 8.49. The summed E-state index contributed by atoms with van der Waals surface area (Å²) >= 11 is 0. The molecule has 0 unspecified atom stereocenters. The van der Waals surface area contributed by atoms with E-state index in [-0.39, 0.29) is 11.1 Å². The minimum atomic E-state index is -0.834. The van der Waals surface area contributed by atoms with Crippen molar-refractivity contribution in [3.05, 3.63) is 41.5 Å². The maximum absolute atomic E-state index is 11.7. The average molecular weight is 273 g/mol. The molecule has 3 nitrogen and oxygen atoms in total. The minimum Gasteiger partial charge on any atom is -0.478 e. The number of hydrogen-bond donors (Lipinski definition) is 2. The van der Waals surface area contributed by atoms with E-state index in [1.807, 2.05) is 30.3 Å². The van der Waals surface area contributed by atoms with Gasteiger partial charge in [0.15, 0.2) is 0 Å². The van der Waals surface area contributed by atoms with Gasteiger partial charge in [0.25, 0.3) is 0 Å². The molecule has 0 aliphatic carbocycles. The van der Waals surface area contributed by atoms with Crippen molar-refractivity contribution >= 4 is 11.5 Å². The Labute approximate surface area is 120 Å². The first-order valence-electron chi connectivity index (χ1n) is 7.00. The SMILES string of the molecule is CC1(C)CC(=C(C(=O)O)c2ccccc2)CC(C)(C)N1. The molecule has 0 amide bonds. The summed E-state index contributed by atoms with van der Waals surface area (Å²) < 4.78 is 0. The van der Waals surface area contributed by atoms with E-state index < -0.39 is 5.97 Å². The zero-order chi connectivity index (χ0) is 15.0. The smallest absolute Gasteiger partial charge is 0.336 e. The number of carboxylic acid groups (broad SMARTS) is 1. The van der Waals surface area contributed by atoms with Gasteiger partial charge in [-0.05, 0) is 46.1 Å². The van der Waals surface area contributed by atoms with Gasteiger partial charge in [-0.1, -0.05) is 35.9 Å². The van der Waals surface area contributed by atoms with Gasteiger partial charge in [0.2, 0.25) is 0 Å². The molecule has 1 fully saturated rings. The van der Waals surface area contributed by atoms with Crippen LogP contribution in [0.15, 0.2) is 35.9 Å². The second-order valence-electron chi connectivity index (χ2n) is 6.90. The minimum absolute atomic E-state index is 0.0907. The summed E-state index contributed by atoms with van der Waals surface area (Å²) in [5.74, 6) is -0.834. The van der Waals surface area contributed by atoms with Gasteiger partial charge in [-0.25, -0.2) is 4.79 Å². The maximum Gasteiger partial charge on any atom is 0.336 e. The number of rotatable bonds is 2. The van der Waals surface area contributed by atoms with Gasteiger partial charge in [-0.2, -0.15) is 0 Å². The van der Waals surface area contributed by atoms with Crippen LogP contribution < -0.4 is 5.32 Å². The fraction of sp³-hybridized carbons (Fsp3) is 0.471. The van der Waals surface area contributed by atoms with Crippen molar-refractivity contribution in [2.24, 2.45) is 0 Å². The molecule has 0 atom stereocenters. The zero-order valence-corrected chi connectivity index (χ0v) is 12.7. The van der Waals surface area contributed by atoms with E-state index in [4.69, 9.17) is 0 Å². The molecule has 2 N–H and O–H groups in total. The summed E-state index contributed by atoms with van der Waals surface area (Å²) in [6.07, 6.45) is 1.51. The van der Waals surface area contributed by atoms with Crippen LogP contribution in [0.2, 0.25) is 0 Å². The zero-order valence-electron chi connectivity index (χ0n) is 12.7. The van der Waals surface area contributed by atoms with E-state index in [9.17, 15) is 9.90 Å². The van der Waals surface area contributed by atoms with E-state index in [1.165, 1.54) is 0 Å². The predicted octanol–water partition coefficient (Wildman–Crippen LogP) is 3.47. The molecule has 0 radical (unpaired) electrons. The van der Waals surface area contributed by atoms with Crippen LogP contribution in [0.25, 0.3) is 5.57 Å². The summed E-state index contributed by atoms with van der Waals surface area (Å²) in [7, 11) is 0. The third-order valence-electron chi connectivity index (χ3n) is 3.62. The first-order chi connectivity index (χ1) is 9.20. The highest BCUT2D eigenvalue weighted by Crippen LogP contribution is 2.36. The van der Waals surface area contributed by atoms with Crippen LogP contribution in [0.4, 0.5) is 0 Å². The van der Waals surface area contributed by atoms with E-state index in [1.54, 1.807) is 0 Å². The molecule has 1 aromatic rings. The van der Waals surface area contributed by atoms with Crippen LogP contribution >= 0.6 is 0 Å². The van der Waals surface area contributed by atoms with Crippen LogP contribution in [0, 0.1) is 0 Å². The molecule has 0 spiro atoms. The molecule has 0 bridgehead atoms. The third kappa shape index (κ3) is 3.28. The molecule has 1 aliphatic heterocycles. The van der Waals surface area contributed by atoms with Crippen molar-refractivity contribution in [3.63, 3.8) is 0 Å². The first-order valence-corrected chi connectivity index (χ1v) is 7.00. The monoisotopic (exact) mass is 273 g/mol. The Bertz CT molecular complexity index is 523. The molecule has 0 aromatic heterocycles. The van der Waals surface area contributed by atoms with Crippen molar-refractivity contribution in [3.8, 4) is 0 Å². The highest BCUT2D eigenvalue weighted by molar-refractivity contribution is 6.16. The van der Waals surface area contributed by atoms with Crippen LogP contribution in [0.5, 0.6) is 0 Å². The summed E-state index contributed by atoms with van der Waals surface area (Å²) in [5.41, 5.74) is 2.10. The maximum atomic E-state index is 11.7. The summed E-state index contributed by atoms with van der Waals surface area (Å²) in [5, 5.41) is 13.2. The number of aliphatic carboxylic acids is 1. The topological polar surface area (TPSA) is 49.3 Å². The molecule has 1 saturated heterocycles. The lowest BCUT2D eigenvalue weighted by Gasteiger charge is -2.44. The number of benzene rings is 1. The van der Waals surface area contributed by atoms with Crippen molar-refractivity contribution in [1.29, 1.82) is 0 Å². The molecule has 3 heteroatoms. The molecule has 0 saturated carbocycles. The van der Waals surface area contributed by atoms with Gasteiger partial charge in [0.1, 0.15) is 0 Å². The quantitative estimate of drug-likeness (QED) is 0.811. The molecule has 20 heavy (non-hydrogen) atoms. The largest absolute Gasteiger partial charge is 0.478 e. The van der Waals surface area contributed by atoms with E-state index in [2.05, 4.69) is 33.0 Å². The second kappa shape index (κ2) is 5.06. The number of piperidine rings is 1. The number of hydrogen-bond acceptors (Lipinski definition) is 2. The Morgan fingerprint density at radius 1 is 1.05 bits per heavy atom. The van der Waals surface area contributed by atoms with Crippen molar-refractivity contribution in [1.82, 2.24) is 5.32 Å². The van der Waals surface area contributed by atoms with E-state index in [0.717, 1.165) is 24.0 Å². The lowest BCUT2D eigenvalue weighted by molar-refractivity contribution is -0.130. The lowest BCUT2D eigenvalue weighted by atomic mass is 9.77. The predicted molar refractivity (Wildman–Crippen MR) is 81.5 cm³/mol. The molecule has 1 heterocycles. The number of nitrogens with one attached hydrogen (secondary N) is 1. The Morgan fingerprint density at radius 3 is 2.00 bits per heavy atom. The third-order valence-corrected chi connectivity index (χ3v) is 3.62. The molecule has 1 aromatic carbocycles. The van der Waals surface area contributed by atoms with Crippen molar-refractivity contribution in [2.75, 3.05) is 0 Å². The number of carboxylic acids is 1. The van der Waals surface area contributed by atoms with Crippen LogP contribution in [-0.2, 0) is 4.79 Å². The fourth-order valence-electron chi connectivity index (χ4n) is 3.39. The summed E-state index contributed by atoms with van der Waals surface area (Å²) in [6, 6.07) is 9.42. The molecule has 1 aliphatic rings. The van der Waals surface area contributed by atoms with Gasteiger partial charge in [-0.15, -0.1) is 0 Å². The van der Waals surface area contributed by atoms with Crippen molar-refractivity contribution in [2.45, 2.75) is 51.6 Å². The Hall–Kier alpha value is -1.61. The van der Waals surface area contributed by atoms with Gasteiger partial charge in [-0.3, -0.25) is 0 Å². The van der Waals surface area contributed by atoms with Gasteiger partial charge >= 0.3 is 5.97 Å². The normalized spacial score (nSPS) is 20.5. The Morgan fingerprint density at radius 2 is 1.55 bits per heavy atom. The lowest BCUT2D eigenvalue weighted by Crippen LogP contribution is -2.56. The van der Waals surface area contributed by atoms with Gasteiger partial charge in [0.05, 0.1) is 5.57 Å². The molecule has 108 valence electrons. The highest BCUT2D eigenvalue weighted by atomic mass is 16.4. The van der Waals surface area contributed by atoms with Crippen LogP contribution in [0.1, 0.15) is 46.1 Å². The highest BCUT2D eigenvalue weighted by Gasteiger charge is 2.36. The van der Waals surface area contributed by atoms with Crippen LogP contribution in [-0.4, -0.2) is 22.2 Å². The first kappa shape index (κ1) is 14.8. The van der Waals surface area contributed by atoms with Crippen LogP contribution in [0.3, 0.4) is 0 Å². The van der Waals surface area contributed by atoms with Crippen molar-refractivity contribution < 1.29 is 9.90 Å². The molecular weight excluding hydrogens is 250 g/mol. The van der Waals surface area contributed by atoms with E-state index >= 15 is 0 Å². The summed E-state index contributed by atoms with van der Waals surface area (Å²) in [4.78, 5) is 11.7. The second-order valence-corrected chi connectivity index (χ2v) is 6.90.